The largest absolute Gasteiger partial charge is 0.376 e. The number of carbonyl (C=O) groups excluding carboxylic acids is 1. The predicted octanol–water partition coefficient (Wildman–Crippen LogP) is 8.55. The van der Waals surface area contributed by atoms with E-state index >= 15 is 0 Å². The summed E-state index contributed by atoms with van der Waals surface area (Å²) < 4.78 is 6.39. The molecule has 4 nitrogen and oxygen atoms in total. The molecule has 0 aromatic rings. The second-order valence-electron chi connectivity index (χ2n) is 15.4. The highest BCUT2D eigenvalue weighted by Crippen LogP contribution is 2.71. The third-order valence-corrected chi connectivity index (χ3v) is 12.9. The molecule has 4 saturated carbocycles. The van der Waals surface area contributed by atoms with E-state index in [9.17, 15) is 4.79 Å². The Morgan fingerprint density at radius 2 is 1.79 bits per heavy atom. The number of rotatable bonds is 11. The summed E-state index contributed by atoms with van der Waals surface area (Å²) in [4.78, 5) is 13.9. The SMILES string of the molecule is C=C(C)C(=O)N(C)CCO[C@H]1CC[C@]2(C)[C@H]3CC[C@@]4(C)C(CC[C@@H]4[C@H](C)CCCC(C)C)C3CCC2(C=N)C1. The average Bonchev–Trinajstić information content (AvgIpc) is 3.25. The number of hydrogen-bond acceptors (Lipinski definition) is 3. The minimum absolute atomic E-state index is 0.00694. The normalized spacial score (nSPS) is 40.4. The maximum absolute atomic E-state index is 12.2. The van der Waals surface area contributed by atoms with Gasteiger partial charge in [0.2, 0.25) is 5.91 Å². The molecule has 39 heavy (non-hydrogen) atoms. The van der Waals surface area contributed by atoms with E-state index < -0.39 is 0 Å². The molecule has 4 heteroatoms. The first-order valence-electron chi connectivity index (χ1n) is 16.4. The van der Waals surface area contributed by atoms with Gasteiger partial charge in [-0.05, 0) is 111 Å². The summed E-state index contributed by atoms with van der Waals surface area (Å²) in [6.45, 7) is 19.2. The topological polar surface area (TPSA) is 53.4 Å². The third kappa shape index (κ3) is 5.67. The second kappa shape index (κ2) is 12.0. The highest BCUT2D eigenvalue weighted by atomic mass is 16.5. The zero-order chi connectivity index (χ0) is 28.6. The van der Waals surface area contributed by atoms with Crippen molar-refractivity contribution in [3.8, 4) is 0 Å². The fourth-order valence-electron chi connectivity index (χ4n) is 10.5. The van der Waals surface area contributed by atoms with Crippen molar-refractivity contribution in [3.05, 3.63) is 12.2 Å². The Balaban J connectivity index is 1.40. The minimum Gasteiger partial charge on any atom is -0.376 e. The molecule has 4 aliphatic carbocycles. The lowest BCUT2D eigenvalue weighted by Gasteiger charge is -2.65. The van der Waals surface area contributed by atoms with E-state index in [1.807, 2.05) is 13.3 Å². The molecule has 222 valence electrons. The summed E-state index contributed by atoms with van der Waals surface area (Å²) in [6.07, 6.45) is 17.6. The number of nitrogens with one attached hydrogen (secondary N) is 1. The number of hydrogen-bond donors (Lipinski definition) is 1. The van der Waals surface area contributed by atoms with Crippen molar-refractivity contribution in [2.24, 2.45) is 51.8 Å². The van der Waals surface area contributed by atoms with Crippen LogP contribution in [0.5, 0.6) is 0 Å². The summed E-state index contributed by atoms with van der Waals surface area (Å²) in [6, 6.07) is 0. The quantitative estimate of drug-likeness (QED) is 0.211. The van der Waals surface area contributed by atoms with E-state index in [1.165, 1.54) is 57.8 Å². The zero-order valence-electron chi connectivity index (χ0n) is 26.5. The van der Waals surface area contributed by atoms with E-state index in [0.29, 0.717) is 24.1 Å². The van der Waals surface area contributed by atoms with Crippen molar-refractivity contribution in [1.82, 2.24) is 4.90 Å². The van der Waals surface area contributed by atoms with E-state index in [1.54, 1.807) is 11.8 Å². The van der Waals surface area contributed by atoms with Crippen molar-refractivity contribution in [2.75, 3.05) is 20.2 Å². The Labute approximate surface area is 240 Å². The highest BCUT2D eigenvalue weighted by molar-refractivity contribution is 5.91. The minimum atomic E-state index is -0.0353. The Bertz CT molecular complexity index is 899. The standard InChI is InChI=1S/C35H60N2O2/c1-24(2)10-9-11-26(5)29-12-13-30-28-15-19-35(23-36)22-27(39-21-20-37(8)32(38)25(3)4)14-18-34(35,7)31(28)16-17-33(29,30)6/h23-24,26-31,36H,3,9-22H2,1-2,4-8H3/t26-,27+,28?,29-,30?,31+,33-,34-,35?/m1/s1. The van der Waals surface area contributed by atoms with Crippen molar-refractivity contribution in [2.45, 2.75) is 125 Å². The number of ether oxygens (including phenoxy) is 1. The zero-order valence-corrected chi connectivity index (χ0v) is 26.5. The lowest BCUT2D eigenvalue weighted by Crippen LogP contribution is -2.60. The summed E-state index contributed by atoms with van der Waals surface area (Å²) in [5, 5.41) is 8.71. The predicted molar refractivity (Wildman–Crippen MR) is 163 cm³/mol. The molecule has 0 spiro atoms. The molecule has 4 aliphatic rings. The molecule has 4 fully saturated rings. The van der Waals surface area contributed by atoms with Gasteiger partial charge >= 0.3 is 0 Å². The van der Waals surface area contributed by atoms with E-state index in [4.69, 9.17) is 10.1 Å². The van der Waals surface area contributed by atoms with Gasteiger partial charge in [-0.2, -0.15) is 0 Å². The van der Waals surface area contributed by atoms with Crippen molar-refractivity contribution in [3.63, 3.8) is 0 Å². The molecule has 1 amide bonds. The number of likely N-dealkylation sites (N-methyl/N-ethyl adjacent to an activating group) is 1. The Kier molecular flexibility index (Phi) is 9.46. The first-order valence-corrected chi connectivity index (χ1v) is 16.4. The van der Waals surface area contributed by atoms with Gasteiger partial charge in [-0.15, -0.1) is 0 Å². The molecule has 0 radical (unpaired) electrons. The van der Waals surface area contributed by atoms with E-state index in [-0.39, 0.29) is 22.8 Å². The van der Waals surface area contributed by atoms with E-state index in [0.717, 1.165) is 54.8 Å². The number of carbonyl (C=O) groups is 1. The van der Waals surface area contributed by atoms with Crippen LogP contribution in [0.2, 0.25) is 0 Å². The maximum atomic E-state index is 12.2. The molecule has 0 aromatic carbocycles. The molecule has 0 saturated heterocycles. The molecule has 0 heterocycles. The van der Waals surface area contributed by atoms with Gasteiger partial charge in [0.1, 0.15) is 0 Å². The molecule has 9 atom stereocenters. The molecular formula is C35H60N2O2. The summed E-state index contributed by atoms with van der Waals surface area (Å²) >= 11 is 0. The number of nitrogens with zero attached hydrogens (tertiary/aromatic N) is 1. The highest BCUT2D eigenvalue weighted by Gasteiger charge is 2.64. The number of fused-ring (bicyclic) bond motifs is 5. The number of amides is 1. The lowest BCUT2D eigenvalue weighted by molar-refractivity contribution is -0.157. The van der Waals surface area contributed by atoms with Crippen LogP contribution in [0, 0.1) is 57.2 Å². The van der Waals surface area contributed by atoms with Crippen LogP contribution in [-0.2, 0) is 9.53 Å². The Hall–Kier alpha value is -1.16. The van der Waals surface area contributed by atoms with Crippen molar-refractivity contribution in [1.29, 1.82) is 5.41 Å². The molecule has 3 unspecified atom stereocenters. The van der Waals surface area contributed by atoms with Crippen LogP contribution in [0.1, 0.15) is 119 Å². The Morgan fingerprint density at radius 3 is 2.46 bits per heavy atom. The van der Waals surface area contributed by atoms with Crippen LogP contribution < -0.4 is 0 Å². The van der Waals surface area contributed by atoms with Gasteiger partial charge in [0.05, 0.1) is 12.7 Å². The van der Waals surface area contributed by atoms with Crippen LogP contribution in [0.3, 0.4) is 0 Å². The van der Waals surface area contributed by atoms with E-state index in [2.05, 4.69) is 41.2 Å². The van der Waals surface area contributed by atoms with Gasteiger partial charge in [0.25, 0.3) is 0 Å². The second-order valence-corrected chi connectivity index (χ2v) is 15.4. The summed E-state index contributed by atoms with van der Waals surface area (Å²) in [5.74, 6) is 5.04. The smallest absolute Gasteiger partial charge is 0.248 e. The van der Waals surface area contributed by atoms with Crippen LogP contribution in [0.15, 0.2) is 12.2 Å². The third-order valence-electron chi connectivity index (χ3n) is 12.9. The van der Waals surface area contributed by atoms with Crippen LogP contribution in [0.4, 0.5) is 0 Å². The fourth-order valence-corrected chi connectivity index (χ4v) is 10.5. The fraction of sp³-hybridized carbons (Fsp3) is 0.886. The van der Waals surface area contributed by atoms with Gasteiger partial charge in [0, 0.05) is 30.8 Å². The molecule has 0 aliphatic heterocycles. The van der Waals surface area contributed by atoms with Crippen molar-refractivity contribution < 1.29 is 9.53 Å². The molecule has 0 bridgehead atoms. The van der Waals surface area contributed by atoms with Crippen LogP contribution in [0.25, 0.3) is 0 Å². The average molecular weight is 541 g/mol. The van der Waals surface area contributed by atoms with Gasteiger partial charge < -0.3 is 15.0 Å². The first-order chi connectivity index (χ1) is 18.4. The monoisotopic (exact) mass is 540 g/mol. The first kappa shape index (κ1) is 30.8. The molecular weight excluding hydrogens is 480 g/mol. The van der Waals surface area contributed by atoms with Gasteiger partial charge in [-0.25, -0.2) is 0 Å². The van der Waals surface area contributed by atoms with Gasteiger partial charge in [-0.3, -0.25) is 4.79 Å². The summed E-state index contributed by atoms with van der Waals surface area (Å²) in [5.41, 5.74) is 1.27. The van der Waals surface area contributed by atoms with Gasteiger partial charge in [-0.1, -0.05) is 60.5 Å². The Morgan fingerprint density at radius 1 is 1.05 bits per heavy atom. The summed E-state index contributed by atoms with van der Waals surface area (Å²) in [7, 11) is 1.83. The van der Waals surface area contributed by atoms with Gasteiger partial charge in [0.15, 0.2) is 0 Å². The molecule has 0 aromatic heterocycles. The maximum Gasteiger partial charge on any atom is 0.248 e. The van der Waals surface area contributed by atoms with Crippen molar-refractivity contribution >= 4 is 12.1 Å². The van der Waals surface area contributed by atoms with Crippen LogP contribution >= 0.6 is 0 Å². The molecule has 1 N–H and O–H groups in total. The molecule has 4 rings (SSSR count). The lowest BCUT2D eigenvalue weighted by atomic mass is 9.40. The van der Waals surface area contributed by atoms with Crippen LogP contribution in [-0.4, -0.2) is 43.3 Å².